The first-order valence-corrected chi connectivity index (χ1v) is 4.41. The highest BCUT2D eigenvalue weighted by molar-refractivity contribution is 7.19. The third-order valence-electron chi connectivity index (χ3n) is 1.76. The summed E-state index contributed by atoms with van der Waals surface area (Å²) in [4.78, 5) is 0.112. The van der Waals surface area contributed by atoms with Crippen LogP contribution in [-0.2, 0) is 0 Å². The maximum absolute atomic E-state index is 13.3. The van der Waals surface area contributed by atoms with Crippen LogP contribution in [0.2, 0.25) is 0 Å². The molecular formula is C9H5FN2S. The summed E-state index contributed by atoms with van der Waals surface area (Å²) in [5, 5.41) is 9.05. The lowest BCUT2D eigenvalue weighted by Gasteiger charge is -1.91. The Morgan fingerprint density at radius 3 is 2.92 bits per heavy atom. The first kappa shape index (κ1) is 8.02. The molecule has 0 aliphatic carbocycles. The second kappa shape index (κ2) is 2.71. The number of anilines is 1. The van der Waals surface area contributed by atoms with Crippen molar-refractivity contribution in [1.82, 2.24) is 0 Å². The molecule has 0 atom stereocenters. The van der Waals surface area contributed by atoms with Gasteiger partial charge in [-0.3, -0.25) is 0 Å². The third kappa shape index (κ3) is 1.14. The van der Waals surface area contributed by atoms with Crippen LogP contribution in [-0.4, -0.2) is 0 Å². The van der Waals surface area contributed by atoms with Gasteiger partial charge in [0.25, 0.3) is 0 Å². The Morgan fingerprint density at radius 1 is 1.46 bits per heavy atom. The van der Waals surface area contributed by atoms with E-state index in [2.05, 4.69) is 0 Å². The molecule has 2 nitrogen and oxygen atoms in total. The Bertz CT molecular complexity index is 510. The van der Waals surface area contributed by atoms with Crippen molar-refractivity contribution in [1.29, 1.82) is 5.26 Å². The van der Waals surface area contributed by atoms with Crippen LogP contribution in [0.3, 0.4) is 0 Å². The standard InChI is InChI=1S/C9H5FN2S/c10-9-6-2-1-5(12)3-7(6)13-8(9)4-11/h1-3H,12H2. The van der Waals surface area contributed by atoms with Crippen molar-refractivity contribution in [2.24, 2.45) is 0 Å². The Morgan fingerprint density at radius 2 is 2.23 bits per heavy atom. The molecule has 13 heavy (non-hydrogen) atoms. The van der Waals surface area contributed by atoms with Gasteiger partial charge in [0.05, 0.1) is 0 Å². The van der Waals surface area contributed by atoms with Crippen molar-refractivity contribution < 1.29 is 4.39 Å². The maximum Gasteiger partial charge on any atom is 0.159 e. The number of halogens is 1. The van der Waals surface area contributed by atoms with Gasteiger partial charge in [-0.2, -0.15) is 5.26 Å². The first-order chi connectivity index (χ1) is 6.22. The summed E-state index contributed by atoms with van der Waals surface area (Å²) >= 11 is 1.12. The number of nitriles is 1. The summed E-state index contributed by atoms with van der Waals surface area (Å²) in [7, 11) is 0. The monoisotopic (exact) mass is 192 g/mol. The lowest BCUT2D eigenvalue weighted by Crippen LogP contribution is -1.81. The van der Waals surface area contributed by atoms with E-state index in [0.717, 1.165) is 11.3 Å². The van der Waals surface area contributed by atoms with Gasteiger partial charge in [-0.25, -0.2) is 4.39 Å². The van der Waals surface area contributed by atoms with Crippen molar-refractivity contribution in [3.05, 3.63) is 28.9 Å². The van der Waals surface area contributed by atoms with Gasteiger partial charge in [0, 0.05) is 15.8 Å². The molecule has 64 valence electrons. The van der Waals surface area contributed by atoms with E-state index in [1.165, 1.54) is 0 Å². The van der Waals surface area contributed by atoms with E-state index in [1.807, 2.05) is 0 Å². The summed E-state index contributed by atoms with van der Waals surface area (Å²) in [6.07, 6.45) is 0. The first-order valence-electron chi connectivity index (χ1n) is 3.60. The van der Waals surface area contributed by atoms with Crippen LogP contribution in [0.25, 0.3) is 10.1 Å². The number of rotatable bonds is 0. The highest BCUT2D eigenvalue weighted by Crippen LogP contribution is 2.30. The largest absolute Gasteiger partial charge is 0.399 e. The molecule has 0 radical (unpaired) electrons. The molecule has 2 rings (SSSR count). The van der Waals surface area contributed by atoms with E-state index in [4.69, 9.17) is 11.0 Å². The predicted octanol–water partition coefficient (Wildman–Crippen LogP) is 2.49. The van der Waals surface area contributed by atoms with Crippen molar-refractivity contribution in [3.8, 4) is 6.07 Å². The Balaban J connectivity index is 2.86. The van der Waals surface area contributed by atoms with E-state index in [-0.39, 0.29) is 4.88 Å². The molecule has 2 aromatic rings. The van der Waals surface area contributed by atoms with Crippen LogP contribution in [0, 0.1) is 17.1 Å². The van der Waals surface area contributed by atoms with Crippen molar-refractivity contribution in [2.75, 3.05) is 5.73 Å². The van der Waals surface area contributed by atoms with E-state index in [0.29, 0.717) is 15.8 Å². The quantitative estimate of drug-likeness (QED) is 0.652. The van der Waals surface area contributed by atoms with Crippen molar-refractivity contribution >= 4 is 27.1 Å². The summed E-state index contributed by atoms with van der Waals surface area (Å²) in [6.45, 7) is 0. The topological polar surface area (TPSA) is 49.8 Å². The fourth-order valence-electron chi connectivity index (χ4n) is 1.15. The lowest BCUT2D eigenvalue weighted by atomic mass is 10.2. The van der Waals surface area contributed by atoms with Gasteiger partial charge in [-0.15, -0.1) is 11.3 Å². The Hall–Kier alpha value is -1.60. The van der Waals surface area contributed by atoms with E-state index in [1.54, 1.807) is 24.3 Å². The summed E-state index contributed by atoms with van der Waals surface area (Å²) in [5.74, 6) is -0.442. The molecule has 1 aromatic carbocycles. The second-order valence-electron chi connectivity index (χ2n) is 2.61. The van der Waals surface area contributed by atoms with Crippen LogP contribution in [0.15, 0.2) is 18.2 Å². The summed E-state index contributed by atoms with van der Waals surface area (Å²) in [5.41, 5.74) is 6.11. The lowest BCUT2D eigenvalue weighted by molar-refractivity contribution is 0.641. The van der Waals surface area contributed by atoms with Gasteiger partial charge in [0.15, 0.2) is 5.82 Å². The molecule has 0 saturated carbocycles. The van der Waals surface area contributed by atoms with E-state index < -0.39 is 5.82 Å². The smallest absolute Gasteiger partial charge is 0.159 e. The number of thiophene rings is 1. The molecule has 0 unspecified atom stereocenters. The van der Waals surface area contributed by atoms with Crippen LogP contribution in [0.4, 0.5) is 10.1 Å². The number of hydrogen-bond acceptors (Lipinski definition) is 3. The number of hydrogen-bond donors (Lipinski definition) is 1. The van der Waals surface area contributed by atoms with Crippen LogP contribution in [0.5, 0.6) is 0 Å². The molecular weight excluding hydrogens is 187 g/mol. The average molecular weight is 192 g/mol. The fourth-order valence-corrected chi connectivity index (χ4v) is 2.08. The summed E-state index contributed by atoms with van der Waals surface area (Å²) in [6, 6.07) is 6.70. The molecule has 1 aromatic heterocycles. The van der Waals surface area contributed by atoms with Crippen molar-refractivity contribution in [2.45, 2.75) is 0 Å². The number of nitrogens with two attached hydrogens (primary N) is 1. The Labute approximate surface area is 78.0 Å². The van der Waals surface area contributed by atoms with E-state index in [9.17, 15) is 4.39 Å². The predicted molar refractivity (Wildman–Crippen MR) is 50.9 cm³/mol. The molecule has 0 spiro atoms. The maximum atomic E-state index is 13.3. The minimum Gasteiger partial charge on any atom is -0.399 e. The number of fused-ring (bicyclic) bond motifs is 1. The van der Waals surface area contributed by atoms with Gasteiger partial charge in [0.2, 0.25) is 0 Å². The number of nitrogens with zero attached hydrogens (tertiary/aromatic N) is 1. The number of benzene rings is 1. The molecule has 0 amide bonds. The normalized spacial score (nSPS) is 10.2. The van der Waals surface area contributed by atoms with Crippen LogP contribution >= 0.6 is 11.3 Å². The highest BCUT2D eigenvalue weighted by Gasteiger charge is 2.10. The molecule has 0 saturated heterocycles. The van der Waals surface area contributed by atoms with Gasteiger partial charge in [-0.1, -0.05) is 0 Å². The molecule has 0 aliphatic heterocycles. The van der Waals surface area contributed by atoms with E-state index >= 15 is 0 Å². The minimum atomic E-state index is -0.442. The Kier molecular flexibility index (Phi) is 1.67. The van der Waals surface area contributed by atoms with Crippen LogP contribution < -0.4 is 5.73 Å². The molecule has 0 fully saturated rings. The third-order valence-corrected chi connectivity index (χ3v) is 2.79. The minimum absolute atomic E-state index is 0.112. The highest BCUT2D eigenvalue weighted by atomic mass is 32.1. The van der Waals surface area contributed by atoms with Crippen molar-refractivity contribution in [3.63, 3.8) is 0 Å². The van der Waals surface area contributed by atoms with Gasteiger partial charge >= 0.3 is 0 Å². The SMILES string of the molecule is N#Cc1sc2cc(N)ccc2c1F. The molecule has 0 bridgehead atoms. The average Bonchev–Trinajstić information content (AvgIpc) is 2.42. The van der Waals surface area contributed by atoms with Crippen LogP contribution in [0.1, 0.15) is 4.88 Å². The molecule has 0 aliphatic rings. The second-order valence-corrected chi connectivity index (χ2v) is 3.66. The molecule has 1 heterocycles. The fraction of sp³-hybridized carbons (Fsp3) is 0. The van der Waals surface area contributed by atoms with Gasteiger partial charge in [0.1, 0.15) is 10.9 Å². The van der Waals surface area contributed by atoms with Gasteiger partial charge in [-0.05, 0) is 18.2 Å². The molecule has 4 heteroatoms. The zero-order valence-electron chi connectivity index (χ0n) is 6.54. The molecule has 2 N–H and O–H groups in total. The number of nitrogen functional groups attached to an aromatic ring is 1. The summed E-state index contributed by atoms with van der Waals surface area (Å²) < 4.78 is 14.0. The zero-order chi connectivity index (χ0) is 9.42. The zero-order valence-corrected chi connectivity index (χ0v) is 7.36. The van der Waals surface area contributed by atoms with Gasteiger partial charge < -0.3 is 5.73 Å².